The van der Waals surface area contributed by atoms with Gasteiger partial charge in [0.2, 0.25) is 0 Å². The second-order valence-electron chi connectivity index (χ2n) is 4.74. The average Bonchev–Trinajstić information content (AvgIpc) is 2.28. The van der Waals surface area contributed by atoms with E-state index in [4.69, 9.17) is 5.84 Å². The van der Waals surface area contributed by atoms with Gasteiger partial charge in [-0.05, 0) is 30.7 Å². The van der Waals surface area contributed by atoms with Crippen LogP contribution in [0.25, 0.3) is 0 Å². The van der Waals surface area contributed by atoms with Crippen LogP contribution in [0.2, 0.25) is 0 Å². The van der Waals surface area contributed by atoms with Gasteiger partial charge in [0.1, 0.15) is 5.82 Å². The van der Waals surface area contributed by atoms with Crippen LogP contribution in [0.1, 0.15) is 19.4 Å². The van der Waals surface area contributed by atoms with Crippen LogP contribution < -0.4 is 11.3 Å². The number of nitrogens with zero attached hydrogens (tertiary/aromatic N) is 1. The highest BCUT2D eigenvalue weighted by molar-refractivity contribution is 5.81. The minimum absolute atomic E-state index is 0.118. The van der Waals surface area contributed by atoms with Crippen molar-refractivity contribution in [1.82, 2.24) is 10.3 Å². The number of amides is 1. The maximum atomic E-state index is 13.1. The molecule has 0 aliphatic rings. The summed E-state index contributed by atoms with van der Waals surface area (Å²) in [7, 11) is 1.82. The zero-order valence-corrected chi connectivity index (χ0v) is 11.0. The molecule has 0 aromatic heterocycles. The summed E-state index contributed by atoms with van der Waals surface area (Å²) in [5, 5.41) is 0. The topological polar surface area (TPSA) is 58.4 Å². The van der Waals surface area contributed by atoms with Gasteiger partial charge in [0.05, 0.1) is 6.04 Å². The number of hydrogen-bond acceptors (Lipinski definition) is 3. The Morgan fingerprint density at radius 2 is 2.17 bits per heavy atom. The van der Waals surface area contributed by atoms with Gasteiger partial charge in [0.15, 0.2) is 0 Å². The molecule has 0 aliphatic heterocycles. The number of carbonyl (C=O) groups is 1. The molecule has 1 aromatic rings. The molecule has 100 valence electrons. The fourth-order valence-electron chi connectivity index (χ4n) is 2.12. The molecule has 4 nitrogen and oxygen atoms in total. The molecule has 0 radical (unpaired) electrons. The van der Waals surface area contributed by atoms with E-state index >= 15 is 0 Å². The maximum absolute atomic E-state index is 13.1. The van der Waals surface area contributed by atoms with E-state index in [9.17, 15) is 9.18 Å². The van der Waals surface area contributed by atoms with E-state index < -0.39 is 0 Å². The standard InChI is InChI=1S/C13H20FN3O/c1-9(2)12(13(18)16-15)17(3)8-10-5-4-6-11(14)7-10/h4-7,9,12H,8,15H2,1-3H3,(H,16,18). The monoisotopic (exact) mass is 253 g/mol. The number of hydrogen-bond donors (Lipinski definition) is 2. The fraction of sp³-hybridized carbons (Fsp3) is 0.462. The van der Waals surface area contributed by atoms with Crippen molar-refractivity contribution in [3.63, 3.8) is 0 Å². The number of likely N-dealkylation sites (N-methyl/N-ethyl adjacent to an activating group) is 1. The third kappa shape index (κ3) is 3.78. The van der Waals surface area contributed by atoms with E-state index in [2.05, 4.69) is 5.43 Å². The van der Waals surface area contributed by atoms with E-state index in [-0.39, 0.29) is 23.7 Å². The van der Waals surface area contributed by atoms with Gasteiger partial charge in [0, 0.05) is 6.54 Å². The highest BCUT2D eigenvalue weighted by atomic mass is 19.1. The molecule has 5 heteroatoms. The zero-order chi connectivity index (χ0) is 13.7. The normalized spacial score (nSPS) is 12.8. The Labute approximate surface area is 107 Å². The molecule has 18 heavy (non-hydrogen) atoms. The zero-order valence-electron chi connectivity index (χ0n) is 11.0. The largest absolute Gasteiger partial charge is 0.293 e. The van der Waals surface area contributed by atoms with Gasteiger partial charge in [-0.15, -0.1) is 0 Å². The van der Waals surface area contributed by atoms with E-state index in [0.717, 1.165) is 5.56 Å². The molecule has 1 amide bonds. The first kappa shape index (κ1) is 14.6. The van der Waals surface area contributed by atoms with Gasteiger partial charge in [-0.3, -0.25) is 15.1 Å². The summed E-state index contributed by atoms with van der Waals surface area (Å²) in [4.78, 5) is 13.6. The number of nitrogens with one attached hydrogen (secondary N) is 1. The van der Waals surface area contributed by atoms with Crippen molar-refractivity contribution >= 4 is 5.91 Å². The Morgan fingerprint density at radius 3 is 2.67 bits per heavy atom. The van der Waals surface area contributed by atoms with Crippen molar-refractivity contribution in [1.29, 1.82) is 0 Å². The van der Waals surface area contributed by atoms with Gasteiger partial charge in [0.25, 0.3) is 5.91 Å². The summed E-state index contributed by atoms with van der Waals surface area (Å²) in [6.45, 7) is 4.39. The number of benzene rings is 1. The summed E-state index contributed by atoms with van der Waals surface area (Å²) in [6.07, 6.45) is 0. The first-order valence-corrected chi connectivity index (χ1v) is 5.91. The van der Waals surface area contributed by atoms with Crippen molar-refractivity contribution in [2.75, 3.05) is 7.05 Å². The van der Waals surface area contributed by atoms with Gasteiger partial charge < -0.3 is 0 Å². The fourth-order valence-corrected chi connectivity index (χ4v) is 2.12. The van der Waals surface area contributed by atoms with Crippen molar-refractivity contribution in [3.05, 3.63) is 35.6 Å². The molecule has 0 saturated heterocycles. The van der Waals surface area contributed by atoms with Crippen LogP contribution in [-0.4, -0.2) is 23.9 Å². The third-order valence-corrected chi connectivity index (χ3v) is 2.84. The predicted molar refractivity (Wildman–Crippen MR) is 68.8 cm³/mol. The molecule has 1 aromatic carbocycles. The second kappa shape index (κ2) is 6.47. The molecule has 0 spiro atoms. The molecule has 0 saturated carbocycles. The third-order valence-electron chi connectivity index (χ3n) is 2.84. The SMILES string of the molecule is CC(C)C(C(=O)NN)N(C)Cc1cccc(F)c1. The summed E-state index contributed by atoms with van der Waals surface area (Å²) in [6, 6.07) is 6.02. The van der Waals surface area contributed by atoms with Crippen LogP contribution >= 0.6 is 0 Å². The molecular weight excluding hydrogens is 233 g/mol. The van der Waals surface area contributed by atoms with Crippen LogP contribution in [0, 0.1) is 11.7 Å². The van der Waals surface area contributed by atoms with Crippen molar-refractivity contribution in [2.45, 2.75) is 26.4 Å². The molecule has 1 atom stereocenters. The molecule has 0 aliphatic carbocycles. The summed E-state index contributed by atoms with van der Waals surface area (Å²) in [5.41, 5.74) is 3.00. The smallest absolute Gasteiger partial charge is 0.251 e. The van der Waals surface area contributed by atoms with Crippen LogP contribution in [0.15, 0.2) is 24.3 Å². The molecule has 0 heterocycles. The molecule has 1 unspecified atom stereocenters. The Bertz CT molecular complexity index is 409. The highest BCUT2D eigenvalue weighted by Crippen LogP contribution is 2.13. The van der Waals surface area contributed by atoms with Crippen molar-refractivity contribution < 1.29 is 9.18 Å². The van der Waals surface area contributed by atoms with E-state index in [1.54, 1.807) is 6.07 Å². The van der Waals surface area contributed by atoms with Gasteiger partial charge in [-0.1, -0.05) is 26.0 Å². The van der Waals surface area contributed by atoms with Crippen molar-refractivity contribution in [3.8, 4) is 0 Å². The van der Waals surface area contributed by atoms with E-state index in [0.29, 0.717) is 6.54 Å². The van der Waals surface area contributed by atoms with Crippen LogP contribution in [0.3, 0.4) is 0 Å². The molecule has 0 bridgehead atoms. The minimum Gasteiger partial charge on any atom is -0.293 e. The van der Waals surface area contributed by atoms with E-state index in [1.165, 1.54) is 12.1 Å². The lowest BCUT2D eigenvalue weighted by Crippen LogP contribution is -2.50. The lowest BCUT2D eigenvalue weighted by atomic mass is 10.0. The summed E-state index contributed by atoms with van der Waals surface area (Å²) < 4.78 is 13.1. The van der Waals surface area contributed by atoms with Crippen LogP contribution in [0.5, 0.6) is 0 Å². The molecular formula is C13H20FN3O. The Morgan fingerprint density at radius 1 is 1.50 bits per heavy atom. The van der Waals surface area contributed by atoms with Crippen LogP contribution in [-0.2, 0) is 11.3 Å². The van der Waals surface area contributed by atoms with Crippen molar-refractivity contribution in [2.24, 2.45) is 11.8 Å². The highest BCUT2D eigenvalue weighted by Gasteiger charge is 2.25. The minimum atomic E-state index is -0.335. The first-order valence-electron chi connectivity index (χ1n) is 5.91. The Kier molecular flexibility index (Phi) is 5.25. The molecule has 3 N–H and O–H groups in total. The molecule has 0 fully saturated rings. The van der Waals surface area contributed by atoms with Crippen LogP contribution in [0.4, 0.5) is 4.39 Å². The number of halogens is 1. The lowest BCUT2D eigenvalue weighted by molar-refractivity contribution is -0.127. The second-order valence-corrected chi connectivity index (χ2v) is 4.74. The quantitative estimate of drug-likeness (QED) is 0.472. The van der Waals surface area contributed by atoms with Gasteiger partial charge >= 0.3 is 0 Å². The number of rotatable bonds is 5. The number of hydrazine groups is 1. The van der Waals surface area contributed by atoms with Gasteiger partial charge in [-0.2, -0.15) is 0 Å². The lowest BCUT2D eigenvalue weighted by Gasteiger charge is -2.29. The van der Waals surface area contributed by atoms with Gasteiger partial charge in [-0.25, -0.2) is 10.2 Å². The maximum Gasteiger partial charge on any atom is 0.251 e. The number of carbonyl (C=O) groups excluding carboxylic acids is 1. The average molecular weight is 253 g/mol. The first-order chi connectivity index (χ1) is 8.45. The number of nitrogens with two attached hydrogens (primary N) is 1. The Hall–Kier alpha value is -1.46. The predicted octanol–water partition coefficient (Wildman–Crippen LogP) is 1.27. The summed E-state index contributed by atoms with van der Waals surface area (Å²) in [5.74, 6) is 4.79. The molecule has 1 rings (SSSR count). The Balaban J connectivity index is 2.78. The van der Waals surface area contributed by atoms with E-state index in [1.807, 2.05) is 31.9 Å². The summed E-state index contributed by atoms with van der Waals surface area (Å²) >= 11 is 0.